The first kappa shape index (κ1) is 19.7. The Morgan fingerprint density at radius 1 is 1.27 bits per heavy atom. The van der Waals surface area contributed by atoms with E-state index < -0.39 is 42.5 Å². The quantitative estimate of drug-likeness (QED) is 0.407. The van der Waals surface area contributed by atoms with Crippen molar-refractivity contribution in [3.8, 4) is 5.75 Å². The highest BCUT2D eigenvalue weighted by Gasteiger charge is 2.37. The number of hydrogen-bond acceptors (Lipinski definition) is 6. The minimum absolute atomic E-state index is 0.0634. The molecule has 0 aliphatic carbocycles. The molecular formula is C17H23N3O6. The Morgan fingerprint density at radius 3 is 2.50 bits per heavy atom. The van der Waals surface area contributed by atoms with Gasteiger partial charge >= 0.3 is 5.97 Å². The van der Waals surface area contributed by atoms with Crippen LogP contribution in [-0.4, -0.2) is 69.3 Å². The molecule has 1 heterocycles. The summed E-state index contributed by atoms with van der Waals surface area (Å²) in [4.78, 5) is 37.5. The van der Waals surface area contributed by atoms with Gasteiger partial charge < -0.3 is 31.3 Å². The van der Waals surface area contributed by atoms with Gasteiger partial charge in [0, 0.05) is 13.0 Å². The van der Waals surface area contributed by atoms with Gasteiger partial charge in [0.25, 0.3) is 0 Å². The van der Waals surface area contributed by atoms with Crippen molar-refractivity contribution in [1.82, 2.24) is 10.2 Å². The molecule has 0 radical (unpaired) electrons. The molecule has 1 aromatic carbocycles. The van der Waals surface area contributed by atoms with E-state index in [0.29, 0.717) is 24.9 Å². The second-order valence-electron chi connectivity index (χ2n) is 6.25. The number of nitrogens with zero attached hydrogens (tertiary/aromatic N) is 1. The van der Waals surface area contributed by atoms with E-state index >= 15 is 0 Å². The van der Waals surface area contributed by atoms with E-state index in [-0.39, 0.29) is 12.2 Å². The van der Waals surface area contributed by atoms with Crippen LogP contribution in [0.25, 0.3) is 0 Å². The Morgan fingerprint density at radius 2 is 1.92 bits per heavy atom. The number of rotatable bonds is 7. The summed E-state index contributed by atoms with van der Waals surface area (Å²) in [7, 11) is 0. The van der Waals surface area contributed by atoms with Gasteiger partial charge in [0.1, 0.15) is 23.9 Å². The van der Waals surface area contributed by atoms with Crippen LogP contribution in [0.1, 0.15) is 18.4 Å². The number of aliphatic hydroxyl groups is 1. The number of likely N-dealkylation sites (tertiary alicyclic amines) is 1. The molecule has 1 aliphatic heterocycles. The second kappa shape index (κ2) is 8.63. The number of benzene rings is 1. The summed E-state index contributed by atoms with van der Waals surface area (Å²) < 4.78 is 0. The van der Waals surface area contributed by atoms with E-state index in [4.69, 9.17) is 10.8 Å². The van der Waals surface area contributed by atoms with Crippen molar-refractivity contribution >= 4 is 17.8 Å². The number of phenolic OH excluding ortho intramolecular Hbond substituents is 1. The van der Waals surface area contributed by atoms with Crippen LogP contribution in [0, 0.1) is 0 Å². The molecule has 2 amide bonds. The van der Waals surface area contributed by atoms with Gasteiger partial charge in [-0.1, -0.05) is 12.1 Å². The molecule has 0 saturated carbocycles. The smallest absolute Gasteiger partial charge is 0.326 e. The molecule has 1 aliphatic rings. The number of carboxylic acid groups (broad SMARTS) is 1. The molecule has 9 heteroatoms. The number of nitrogens with two attached hydrogens (primary N) is 1. The van der Waals surface area contributed by atoms with Gasteiger partial charge in [0.05, 0.1) is 6.61 Å². The number of phenols is 1. The van der Waals surface area contributed by atoms with Crippen LogP contribution in [0.5, 0.6) is 5.75 Å². The molecule has 1 saturated heterocycles. The molecule has 26 heavy (non-hydrogen) atoms. The van der Waals surface area contributed by atoms with Crippen molar-refractivity contribution in [3.63, 3.8) is 0 Å². The summed E-state index contributed by atoms with van der Waals surface area (Å²) in [6.07, 6.45) is 1.03. The van der Waals surface area contributed by atoms with Gasteiger partial charge in [-0.25, -0.2) is 4.79 Å². The lowest BCUT2D eigenvalue weighted by atomic mass is 10.0. The van der Waals surface area contributed by atoms with Crippen LogP contribution in [0.4, 0.5) is 0 Å². The Kier molecular flexibility index (Phi) is 6.53. The molecule has 0 aromatic heterocycles. The van der Waals surface area contributed by atoms with Gasteiger partial charge in [0.15, 0.2) is 0 Å². The van der Waals surface area contributed by atoms with Crippen molar-refractivity contribution in [1.29, 1.82) is 0 Å². The molecule has 1 aromatic rings. The monoisotopic (exact) mass is 365 g/mol. The van der Waals surface area contributed by atoms with Crippen LogP contribution in [0.15, 0.2) is 24.3 Å². The zero-order valence-corrected chi connectivity index (χ0v) is 14.2. The SMILES string of the molecule is NC(CO)C(=O)NC(Cc1ccc(O)cc1)C(=O)N1CCCC1C(=O)O. The van der Waals surface area contributed by atoms with Crippen molar-refractivity contribution in [3.05, 3.63) is 29.8 Å². The Balaban J connectivity index is 2.20. The fourth-order valence-electron chi connectivity index (χ4n) is 2.92. The molecule has 142 valence electrons. The zero-order chi connectivity index (χ0) is 19.3. The Labute approximate surface area is 150 Å². The average Bonchev–Trinajstić information content (AvgIpc) is 3.11. The van der Waals surface area contributed by atoms with E-state index in [1.54, 1.807) is 12.1 Å². The molecule has 9 nitrogen and oxygen atoms in total. The van der Waals surface area contributed by atoms with Crippen molar-refractivity contribution in [2.24, 2.45) is 5.73 Å². The summed E-state index contributed by atoms with van der Waals surface area (Å²) in [5.41, 5.74) is 6.16. The number of nitrogens with one attached hydrogen (secondary N) is 1. The minimum Gasteiger partial charge on any atom is -0.508 e. The summed E-state index contributed by atoms with van der Waals surface area (Å²) >= 11 is 0. The van der Waals surface area contributed by atoms with Gasteiger partial charge in [-0.15, -0.1) is 0 Å². The maximum atomic E-state index is 12.9. The number of aliphatic carboxylic acids is 1. The van der Waals surface area contributed by atoms with Gasteiger partial charge in [0.2, 0.25) is 11.8 Å². The molecule has 0 spiro atoms. The van der Waals surface area contributed by atoms with Crippen molar-refractivity contribution in [2.75, 3.05) is 13.2 Å². The topological polar surface area (TPSA) is 153 Å². The van der Waals surface area contributed by atoms with E-state index in [0.717, 1.165) is 0 Å². The van der Waals surface area contributed by atoms with E-state index in [2.05, 4.69) is 5.32 Å². The molecule has 1 fully saturated rings. The highest BCUT2D eigenvalue weighted by molar-refractivity contribution is 5.92. The van der Waals surface area contributed by atoms with Crippen LogP contribution in [-0.2, 0) is 20.8 Å². The Bertz CT molecular complexity index is 663. The average molecular weight is 365 g/mol. The lowest BCUT2D eigenvalue weighted by Crippen LogP contribution is -2.55. The highest BCUT2D eigenvalue weighted by atomic mass is 16.4. The van der Waals surface area contributed by atoms with Crippen molar-refractivity contribution in [2.45, 2.75) is 37.4 Å². The second-order valence-corrected chi connectivity index (χ2v) is 6.25. The number of carboxylic acids is 1. The first-order valence-corrected chi connectivity index (χ1v) is 8.31. The summed E-state index contributed by atoms with van der Waals surface area (Å²) in [5.74, 6) is -2.23. The zero-order valence-electron chi connectivity index (χ0n) is 14.2. The number of hydrogen-bond donors (Lipinski definition) is 5. The highest BCUT2D eigenvalue weighted by Crippen LogP contribution is 2.20. The Hall–Kier alpha value is -2.65. The third-order valence-corrected chi connectivity index (χ3v) is 4.35. The standard InChI is InChI=1S/C17H23N3O6/c18-12(9-21)15(23)19-13(8-10-3-5-11(22)6-4-10)16(24)20-7-1-2-14(20)17(25)26/h3-6,12-14,21-22H,1-2,7-9,18H2,(H,19,23)(H,25,26). The predicted molar refractivity (Wildman–Crippen MR) is 91.2 cm³/mol. The van der Waals surface area contributed by atoms with E-state index in [1.807, 2.05) is 0 Å². The van der Waals surface area contributed by atoms with Crippen LogP contribution < -0.4 is 11.1 Å². The largest absolute Gasteiger partial charge is 0.508 e. The fraction of sp³-hybridized carbons (Fsp3) is 0.471. The molecular weight excluding hydrogens is 342 g/mol. The number of aromatic hydroxyl groups is 1. The molecule has 3 atom stereocenters. The lowest BCUT2D eigenvalue weighted by Gasteiger charge is -2.28. The number of carbonyl (C=O) groups excluding carboxylic acids is 2. The summed E-state index contributed by atoms with van der Waals surface area (Å²) in [6, 6.07) is 2.98. The third kappa shape index (κ3) is 4.70. The number of amides is 2. The molecule has 0 bridgehead atoms. The molecule has 3 unspecified atom stereocenters. The lowest BCUT2D eigenvalue weighted by molar-refractivity contribution is -0.149. The van der Waals surface area contributed by atoms with E-state index in [1.165, 1.54) is 17.0 Å². The summed E-state index contributed by atoms with van der Waals surface area (Å²) in [6.45, 7) is -0.281. The van der Waals surface area contributed by atoms with Crippen LogP contribution >= 0.6 is 0 Å². The van der Waals surface area contributed by atoms with Gasteiger partial charge in [-0.05, 0) is 30.5 Å². The van der Waals surface area contributed by atoms with Gasteiger partial charge in [-0.3, -0.25) is 9.59 Å². The number of aliphatic hydroxyl groups excluding tert-OH is 1. The predicted octanol–water partition coefficient (Wildman–Crippen LogP) is -1.19. The maximum absolute atomic E-state index is 12.9. The van der Waals surface area contributed by atoms with Crippen molar-refractivity contribution < 1.29 is 29.7 Å². The minimum atomic E-state index is -1.18. The maximum Gasteiger partial charge on any atom is 0.326 e. The fourth-order valence-corrected chi connectivity index (χ4v) is 2.92. The number of carbonyl (C=O) groups is 3. The van der Waals surface area contributed by atoms with Crippen LogP contribution in [0.3, 0.4) is 0 Å². The van der Waals surface area contributed by atoms with Gasteiger partial charge in [-0.2, -0.15) is 0 Å². The van der Waals surface area contributed by atoms with E-state index in [9.17, 15) is 24.6 Å². The summed E-state index contributed by atoms with van der Waals surface area (Å²) in [5, 5.41) is 30.2. The normalized spacial score (nSPS) is 19.0. The first-order valence-electron chi connectivity index (χ1n) is 8.31. The molecule has 2 rings (SSSR count). The first-order chi connectivity index (χ1) is 12.3. The van der Waals surface area contributed by atoms with Crippen LogP contribution in [0.2, 0.25) is 0 Å². The molecule has 6 N–H and O–H groups in total. The third-order valence-electron chi connectivity index (χ3n) is 4.35.